The van der Waals surface area contributed by atoms with E-state index in [1.54, 1.807) is 0 Å². The number of rotatable bonds is 6. The normalized spacial score (nSPS) is 16.7. The minimum absolute atomic E-state index is 0. The van der Waals surface area contributed by atoms with Gasteiger partial charge in [-0.1, -0.05) is 0 Å². The number of ether oxygens (including phenoxy) is 1. The molecule has 0 spiro atoms. The monoisotopic (exact) mass is 368 g/mol. The van der Waals surface area contributed by atoms with Crippen LogP contribution in [0.15, 0.2) is 24.3 Å². The average Bonchev–Trinajstić information content (AvgIpc) is 2.47. The molecule has 1 aromatic rings. The van der Waals surface area contributed by atoms with Gasteiger partial charge in [-0.05, 0) is 38.1 Å². The van der Waals surface area contributed by atoms with Crippen LogP contribution >= 0.6 is 24.8 Å². The van der Waals surface area contributed by atoms with Gasteiger partial charge >= 0.3 is 0 Å². The molecule has 7 heteroatoms. The lowest BCUT2D eigenvalue weighted by atomic mass is 10.2. The minimum atomic E-state index is -0.440. The highest BCUT2D eigenvalue weighted by Crippen LogP contribution is 2.17. The molecular formula is C16H27Cl2FN2O2. The molecular weight excluding hydrogens is 342 g/mol. The Morgan fingerprint density at radius 1 is 1.09 bits per heavy atom. The van der Waals surface area contributed by atoms with E-state index >= 15 is 0 Å². The molecule has 0 bridgehead atoms. The van der Waals surface area contributed by atoms with E-state index in [9.17, 15) is 9.50 Å². The zero-order chi connectivity index (χ0) is 15.2. The number of piperazine rings is 1. The third-order valence-corrected chi connectivity index (χ3v) is 3.65. The van der Waals surface area contributed by atoms with Crippen molar-refractivity contribution in [3.05, 3.63) is 30.1 Å². The number of nitrogens with zero attached hydrogens (tertiary/aromatic N) is 2. The molecule has 0 amide bonds. The summed E-state index contributed by atoms with van der Waals surface area (Å²) in [6.45, 7) is 8.54. The van der Waals surface area contributed by atoms with Gasteiger partial charge in [0.15, 0.2) is 0 Å². The number of hydrogen-bond acceptors (Lipinski definition) is 4. The zero-order valence-corrected chi connectivity index (χ0v) is 15.3. The van der Waals surface area contributed by atoms with Crippen LogP contribution < -0.4 is 4.90 Å². The van der Waals surface area contributed by atoms with Gasteiger partial charge in [-0.25, -0.2) is 4.39 Å². The fraction of sp³-hybridized carbons (Fsp3) is 0.625. The molecule has 4 nitrogen and oxygen atoms in total. The highest BCUT2D eigenvalue weighted by Gasteiger charge is 2.19. The summed E-state index contributed by atoms with van der Waals surface area (Å²) in [6, 6.07) is 6.62. The zero-order valence-electron chi connectivity index (χ0n) is 13.7. The maximum Gasteiger partial charge on any atom is 0.123 e. The van der Waals surface area contributed by atoms with Crippen LogP contribution in [0.2, 0.25) is 0 Å². The molecule has 0 aromatic heterocycles. The first-order valence-electron chi connectivity index (χ1n) is 7.57. The average molecular weight is 369 g/mol. The van der Waals surface area contributed by atoms with Crippen molar-refractivity contribution in [1.29, 1.82) is 0 Å². The summed E-state index contributed by atoms with van der Waals surface area (Å²) < 4.78 is 18.3. The Hall–Kier alpha value is -0.590. The van der Waals surface area contributed by atoms with Gasteiger partial charge in [-0.15, -0.1) is 24.8 Å². The molecule has 134 valence electrons. The molecule has 0 radical (unpaired) electrons. The maximum absolute atomic E-state index is 12.9. The Kier molecular flexibility index (Phi) is 10.8. The van der Waals surface area contributed by atoms with Gasteiger partial charge in [0.1, 0.15) is 5.82 Å². The van der Waals surface area contributed by atoms with E-state index in [-0.39, 0.29) is 36.7 Å². The number of aliphatic hydroxyl groups is 1. The molecule has 2 rings (SSSR count). The van der Waals surface area contributed by atoms with Gasteiger partial charge in [0.25, 0.3) is 0 Å². The van der Waals surface area contributed by atoms with E-state index in [1.807, 2.05) is 26.0 Å². The lowest BCUT2D eigenvalue weighted by molar-refractivity contribution is -0.00899. The number of β-amino-alcohol motifs (C(OH)–C–C–N with tert-alkyl or cyclic N) is 1. The van der Waals surface area contributed by atoms with Crippen molar-refractivity contribution in [3.8, 4) is 0 Å². The Bertz CT molecular complexity index is 427. The largest absolute Gasteiger partial charge is 0.389 e. The number of anilines is 1. The van der Waals surface area contributed by atoms with Crippen molar-refractivity contribution in [3.63, 3.8) is 0 Å². The van der Waals surface area contributed by atoms with Crippen molar-refractivity contribution in [2.45, 2.75) is 26.1 Å². The quantitative estimate of drug-likeness (QED) is 0.836. The van der Waals surface area contributed by atoms with Crippen LogP contribution in [0.4, 0.5) is 10.1 Å². The van der Waals surface area contributed by atoms with E-state index in [4.69, 9.17) is 4.74 Å². The summed E-state index contributed by atoms with van der Waals surface area (Å²) in [5.41, 5.74) is 1.06. The molecule has 1 saturated heterocycles. The van der Waals surface area contributed by atoms with E-state index < -0.39 is 6.10 Å². The van der Waals surface area contributed by atoms with Crippen molar-refractivity contribution in [1.82, 2.24) is 4.90 Å². The summed E-state index contributed by atoms with van der Waals surface area (Å²) in [6.07, 6.45) is -0.292. The Labute approximate surface area is 150 Å². The SMILES string of the molecule is CC(C)OCC(O)CN1CCN(c2ccc(F)cc2)CC1.Cl.Cl. The number of benzene rings is 1. The van der Waals surface area contributed by atoms with E-state index in [2.05, 4.69) is 9.80 Å². The molecule has 1 N–H and O–H groups in total. The summed E-state index contributed by atoms with van der Waals surface area (Å²) in [5, 5.41) is 9.94. The molecule has 1 atom stereocenters. The maximum atomic E-state index is 12.9. The van der Waals surface area contributed by atoms with Crippen LogP contribution in [0.5, 0.6) is 0 Å². The number of halogens is 3. The predicted molar refractivity (Wildman–Crippen MR) is 96.6 cm³/mol. The number of aliphatic hydroxyl groups excluding tert-OH is 1. The van der Waals surface area contributed by atoms with E-state index in [0.717, 1.165) is 31.9 Å². The summed E-state index contributed by atoms with van der Waals surface area (Å²) in [7, 11) is 0. The molecule has 1 unspecified atom stereocenters. The van der Waals surface area contributed by atoms with Crippen molar-refractivity contribution in [2.24, 2.45) is 0 Å². The first-order valence-corrected chi connectivity index (χ1v) is 7.57. The van der Waals surface area contributed by atoms with Crippen LogP contribution in [-0.4, -0.2) is 61.5 Å². The third-order valence-electron chi connectivity index (χ3n) is 3.65. The first kappa shape index (κ1) is 22.4. The highest BCUT2D eigenvalue weighted by molar-refractivity contribution is 5.85. The third kappa shape index (κ3) is 7.68. The predicted octanol–water partition coefficient (Wildman–Crippen LogP) is 2.58. The fourth-order valence-electron chi connectivity index (χ4n) is 2.49. The van der Waals surface area contributed by atoms with Crippen molar-refractivity contribution >= 4 is 30.5 Å². The van der Waals surface area contributed by atoms with Crippen LogP contribution in [-0.2, 0) is 4.74 Å². The molecule has 0 saturated carbocycles. The highest BCUT2D eigenvalue weighted by atomic mass is 35.5. The summed E-state index contributed by atoms with van der Waals surface area (Å²) >= 11 is 0. The number of hydrogen-bond donors (Lipinski definition) is 1. The molecule has 1 aliphatic heterocycles. The van der Waals surface area contributed by atoms with Gasteiger partial charge < -0.3 is 14.7 Å². The van der Waals surface area contributed by atoms with Crippen LogP contribution in [0, 0.1) is 5.82 Å². The van der Waals surface area contributed by atoms with Gasteiger partial charge in [-0.3, -0.25) is 4.90 Å². The lowest BCUT2D eigenvalue weighted by Gasteiger charge is -2.36. The Balaban J connectivity index is 0.00000242. The summed E-state index contributed by atoms with van der Waals surface area (Å²) in [4.78, 5) is 4.49. The fourth-order valence-corrected chi connectivity index (χ4v) is 2.49. The molecule has 1 aliphatic rings. The van der Waals surface area contributed by atoms with Crippen molar-refractivity contribution < 1.29 is 14.2 Å². The second-order valence-corrected chi connectivity index (χ2v) is 5.80. The molecule has 1 fully saturated rings. The van der Waals surface area contributed by atoms with Crippen molar-refractivity contribution in [2.75, 3.05) is 44.2 Å². The van der Waals surface area contributed by atoms with Gasteiger partial charge in [-0.2, -0.15) is 0 Å². The van der Waals surface area contributed by atoms with Gasteiger partial charge in [0.2, 0.25) is 0 Å². The second kappa shape index (κ2) is 11.0. The molecule has 1 heterocycles. The van der Waals surface area contributed by atoms with Gasteiger partial charge in [0, 0.05) is 38.4 Å². The molecule has 1 aromatic carbocycles. The molecule has 0 aliphatic carbocycles. The van der Waals surface area contributed by atoms with E-state index in [0.29, 0.717) is 13.2 Å². The smallest absolute Gasteiger partial charge is 0.123 e. The lowest BCUT2D eigenvalue weighted by Crippen LogP contribution is -2.49. The van der Waals surface area contributed by atoms with Crippen LogP contribution in [0.1, 0.15) is 13.8 Å². The summed E-state index contributed by atoms with van der Waals surface area (Å²) in [5.74, 6) is -0.203. The Morgan fingerprint density at radius 2 is 1.65 bits per heavy atom. The second-order valence-electron chi connectivity index (χ2n) is 5.80. The minimum Gasteiger partial charge on any atom is -0.389 e. The van der Waals surface area contributed by atoms with Crippen LogP contribution in [0.3, 0.4) is 0 Å². The Morgan fingerprint density at radius 3 is 2.17 bits per heavy atom. The van der Waals surface area contributed by atoms with Gasteiger partial charge in [0.05, 0.1) is 18.8 Å². The molecule has 23 heavy (non-hydrogen) atoms. The van der Waals surface area contributed by atoms with Crippen LogP contribution in [0.25, 0.3) is 0 Å². The topological polar surface area (TPSA) is 35.9 Å². The van der Waals surface area contributed by atoms with E-state index in [1.165, 1.54) is 12.1 Å². The standard InChI is InChI=1S/C16H25FN2O2.2ClH/c1-13(2)21-12-16(20)11-18-7-9-19(10-8-18)15-5-3-14(17)4-6-15;;/h3-6,13,16,20H,7-12H2,1-2H3;2*1H. The first-order chi connectivity index (χ1) is 10.0.